The maximum absolute atomic E-state index is 12.6. The lowest BCUT2D eigenvalue weighted by Gasteiger charge is -2.11. The Kier molecular flexibility index (Phi) is 2.66. The van der Waals surface area contributed by atoms with Gasteiger partial charge in [0.05, 0.1) is 24.1 Å². The van der Waals surface area contributed by atoms with Crippen molar-refractivity contribution >= 4 is 17.5 Å². The highest BCUT2D eigenvalue weighted by molar-refractivity contribution is 6.13. The Morgan fingerprint density at radius 2 is 2.18 bits per heavy atom. The molecule has 0 radical (unpaired) electrons. The maximum atomic E-state index is 12.6. The fourth-order valence-corrected chi connectivity index (χ4v) is 3.49. The molecule has 1 aromatic carbocycles. The third-order valence-corrected chi connectivity index (χ3v) is 4.73. The Bertz CT molecular complexity index is 753. The molecule has 2 heterocycles. The number of hydrogen-bond donors (Lipinski definition) is 1. The number of carbonyl (C=O) groups excluding carboxylic acids is 2. The second-order valence-electron chi connectivity index (χ2n) is 5.91. The van der Waals surface area contributed by atoms with Gasteiger partial charge in [-0.05, 0) is 30.2 Å². The van der Waals surface area contributed by atoms with Crippen LogP contribution in [0.25, 0.3) is 0 Å². The molecule has 22 heavy (non-hydrogen) atoms. The van der Waals surface area contributed by atoms with Gasteiger partial charge >= 0.3 is 0 Å². The van der Waals surface area contributed by atoms with E-state index in [4.69, 9.17) is 4.42 Å². The third-order valence-electron chi connectivity index (χ3n) is 4.73. The summed E-state index contributed by atoms with van der Waals surface area (Å²) >= 11 is 0. The number of hydrogen-bond acceptors (Lipinski definition) is 3. The lowest BCUT2D eigenvalue weighted by molar-refractivity contribution is -0.126. The number of nitrogens with one attached hydrogen (secondary N) is 1. The van der Waals surface area contributed by atoms with Crippen LogP contribution in [0.4, 0.5) is 5.69 Å². The highest BCUT2D eigenvalue weighted by atomic mass is 16.3. The molecule has 0 bridgehead atoms. The highest BCUT2D eigenvalue weighted by Crippen LogP contribution is 2.61. The number of fused-ring (bicyclic) bond motifs is 2. The zero-order chi connectivity index (χ0) is 15.3. The summed E-state index contributed by atoms with van der Waals surface area (Å²) in [5.74, 6) is 0.348. The average molecular weight is 296 g/mol. The zero-order valence-corrected chi connectivity index (χ0v) is 12.2. The van der Waals surface area contributed by atoms with Crippen molar-refractivity contribution in [1.82, 2.24) is 5.32 Å². The number of para-hydroxylation sites is 1. The monoisotopic (exact) mass is 296 g/mol. The number of furan rings is 1. The number of amides is 2. The van der Waals surface area contributed by atoms with E-state index in [-0.39, 0.29) is 17.7 Å². The fourth-order valence-electron chi connectivity index (χ4n) is 3.49. The van der Waals surface area contributed by atoms with Gasteiger partial charge in [0.1, 0.15) is 5.76 Å². The molecule has 1 aromatic heterocycles. The molecule has 5 heteroatoms. The van der Waals surface area contributed by atoms with Crippen LogP contribution in [-0.2, 0) is 21.5 Å². The Labute approximate surface area is 127 Å². The summed E-state index contributed by atoms with van der Waals surface area (Å²) in [5.41, 5.74) is 1.23. The molecule has 2 aliphatic rings. The molecule has 1 fully saturated rings. The van der Waals surface area contributed by atoms with Crippen molar-refractivity contribution in [2.24, 2.45) is 5.92 Å². The van der Waals surface area contributed by atoms with Gasteiger partial charge in [-0.1, -0.05) is 18.2 Å². The van der Waals surface area contributed by atoms with E-state index in [0.29, 0.717) is 18.7 Å². The van der Waals surface area contributed by atoms with Crippen molar-refractivity contribution in [2.45, 2.75) is 18.4 Å². The van der Waals surface area contributed by atoms with E-state index < -0.39 is 5.41 Å². The van der Waals surface area contributed by atoms with Crippen molar-refractivity contribution in [3.05, 3.63) is 54.0 Å². The summed E-state index contributed by atoms with van der Waals surface area (Å²) in [4.78, 5) is 26.7. The second-order valence-corrected chi connectivity index (χ2v) is 5.91. The smallest absolute Gasteiger partial charge is 0.238 e. The molecule has 1 aliphatic carbocycles. The largest absolute Gasteiger partial charge is 0.467 e. The summed E-state index contributed by atoms with van der Waals surface area (Å²) in [7, 11) is 1.77. The fraction of sp³-hybridized carbons (Fsp3) is 0.294. The number of rotatable bonds is 3. The van der Waals surface area contributed by atoms with Crippen molar-refractivity contribution < 1.29 is 14.0 Å². The topological polar surface area (TPSA) is 62.6 Å². The normalized spacial score (nSPS) is 25.4. The molecule has 1 N–H and O–H groups in total. The molecular weight excluding hydrogens is 280 g/mol. The number of carbonyl (C=O) groups is 2. The second kappa shape index (κ2) is 4.47. The van der Waals surface area contributed by atoms with Gasteiger partial charge < -0.3 is 14.6 Å². The molecule has 1 saturated carbocycles. The zero-order valence-electron chi connectivity index (χ0n) is 12.2. The number of nitrogens with zero attached hydrogens (tertiary/aromatic N) is 1. The number of benzene rings is 1. The van der Waals surface area contributed by atoms with Crippen LogP contribution >= 0.6 is 0 Å². The van der Waals surface area contributed by atoms with Crippen molar-refractivity contribution in [1.29, 1.82) is 0 Å². The maximum Gasteiger partial charge on any atom is 0.238 e. The van der Waals surface area contributed by atoms with Crippen LogP contribution in [0.3, 0.4) is 0 Å². The summed E-state index contributed by atoms with van der Waals surface area (Å²) in [5, 5.41) is 2.86. The summed E-state index contributed by atoms with van der Waals surface area (Å²) in [6, 6.07) is 11.3. The predicted molar refractivity (Wildman–Crippen MR) is 80.2 cm³/mol. The lowest BCUT2D eigenvalue weighted by Crippen LogP contribution is -2.34. The van der Waals surface area contributed by atoms with Gasteiger partial charge in [-0.2, -0.15) is 0 Å². The van der Waals surface area contributed by atoms with Crippen LogP contribution in [0.15, 0.2) is 47.1 Å². The van der Waals surface area contributed by atoms with Crippen LogP contribution in [-0.4, -0.2) is 18.9 Å². The van der Waals surface area contributed by atoms with E-state index >= 15 is 0 Å². The molecule has 2 aromatic rings. The van der Waals surface area contributed by atoms with E-state index in [0.717, 1.165) is 11.3 Å². The van der Waals surface area contributed by atoms with Gasteiger partial charge in [0.25, 0.3) is 0 Å². The molecule has 0 saturated heterocycles. The van der Waals surface area contributed by atoms with E-state index in [9.17, 15) is 9.59 Å². The van der Waals surface area contributed by atoms with E-state index in [1.807, 2.05) is 30.3 Å². The third kappa shape index (κ3) is 1.65. The lowest BCUT2D eigenvalue weighted by atomic mass is 9.94. The minimum Gasteiger partial charge on any atom is -0.467 e. The van der Waals surface area contributed by atoms with Crippen LogP contribution in [0.2, 0.25) is 0 Å². The highest BCUT2D eigenvalue weighted by Gasteiger charge is 2.68. The first-order valence-electron chi connectivity index (χ1n) is 7.32. The molecule has 1 spiro atoms. The van der Waals surface area contributed by atoms with Gasteiger partial charge in [0.2, 0.25) is 11.8 Å². The Morgan fingerprint density at radius 1 is 1.36 bits per heavy atom. The standard InChI is InChI=1S/C17H16N2O3/c1-19-14-7-3-2-6-12(14)17(16(19)21)9-13(17)15(20)18-10-11-5-4-8-22-11/h2-8,13H,9-10H2,1H3,(H,18,20)/t13-,17-/m0/s1. The summed E-state index contributed by atoms with van der Waals surface area (Å²) in [6.07, 6.45) is 2.16. The summed E-state index contributed by atoms with van der Waals surface area (Å²) < 4.78 is 5.21. The summed E-state index contributed by atoms with van der Waals surface area (Å²) in [6.45, 7) is 0.351. The Balaban J connectivity index is 1.55. The van der Waals surface area contributed by atoms with E-state index in [2.05, 4.69) is 5.32 Å². The van der Waals surface area contributed by atoms with Crippen molar-refractivity contribution in [3.63, 3.8) is 0 Å². The molecule has 0 unspecified atom stereocenters. The molecule has 2 atom stereocenters. The van der Waals surface area contributed by atoms with E-state index in [1.54, 1.807) is 24.3 Å². The quantitative estimate of drug-likeness (QED) is 0.940. The Morgan fingerprint density at radius 3 is 2.95 bits per heavy atom. The average Bonchev–Trinajstić information content (AvgIpc) is 3.01. The first-order chi connectivity index (χ1) is 10.6. The minimum absolute atomic E-state index is 0.0202. The van der Waals surface area contributed by atoms with Gasteiger partial charge in [-0.25, -0.2) is 0 Å². The molecule has 2 amide bonds. The first-order valence-corrected chi connectivity index (χ1v) is 7.32. The predicted octanol–water partition coefficient (Wildman–Crippen LogP) is 1.83. The number of likely N-dealkylation sites (N-methyl/N-ethyl adjacent to an activating group) is 1. The molecule has 112 valence electrons. The molecule has 1 aliphatic heterocycles. The first kappa shape index (κ1) is 13.1. The van der Waals surface area contributed by atoms with Gasteiger partial charge in [0.15, 0.2) is 0 Å². The van der Waals surface area contributed by atoms with Crippen LogP contribution in [0, 0.1) is 5.92 Å². The van der Waals surface area contributed by atoms with Crippen molar-refractivity contribution in [3.8, 4) is 0 Å². The van der Waals surface area contributed by atoms with E-state index in [1.165, 1.54) is 0 Å². The Hall–Kier alpha value is -2.56. The van der Waals surface area contributed by atoms with Gasteiger partial charge in [0, 0.05) is 12.7 Å². The molecule has 4 rings (SSSR count). The number of anilines is 1. The van der Waals surface area contributed by atoms with Gasteiger partial charge in [-0.3, -0.25) is 9.59 Å². The van der Waals surface area contributed by atoms with Crippen LogP contribution in [0.5, 0.6) is 0 Å². The van der Waals surface area contributed by atoms with Crippen molar-refractivity contribution in [2.75, 3.05) is 11.9 Å². The van der Waals surface area contributed by atoms with Crippen LogP contribution in [0.1, 0.15) is 17.7 Å². The molecular formula is C17H16N2O3. The SMILES string of the molecule is CN1C(=O)[C@@]2(C[C@H]2C(=O)NCc2ccco2)c2ccccc21. The van der Waals surface area contributed by atoms with Gasteiger partial charge in [-0.15, -0.1) is 0 Å². The van der Waals surface area contributed by atoms with Crippen LogP contribution < -0.4 is 10.2 Å². The minimum atomic E-state index is -0.654. The molecule has 5 nitrogen and oxygen atoms in total.